The molecule has 0 amide bonds. The summed E-state index contributed by atoms with van der Waals surface area (Å²) in [7, 11) is 3.64. The molecule has 0 fully saturated rings. The fourth-order valence-electron chi connectivity index (χ4n) is 0.564. The Bertz CT molecular complexity index is 130. The van der Waals surface area contributed by atoms with Gasteiger partial charge in [-0.3, -0.25) is 0 Å². The predicted octanol–water partition coefficient (Wildman–Crippen LogP) is -0.366. The van der Waals surface area contributed by atoms with E-state index in [0.29, 0.717) is 5.96 Å². The van der Waals surface area contributed by atoms with E-state index in [2.05, 4.69) is 4.99 Å². The van der Waals surface area contributed by atoms with E-state index < -0.39 is 0 Å². The van der Waals surface area contributed by atoms with Crippen molar-refractivity contribution in [2.45, 2.75) is 19.4 Å². The van der Waals surface area contributed by atoms with Crippen LogP contribution in [-0.4, -0.2) is 42.7 Å². The highest BCUT2D eigenvalue weighted by molar-refractivity contribution is 5.77. The predicted molar refractivity (Wildman–Crippen MR) is 46.5 cm³/mol. The molecule has 0 aromatic heterocycles. The van der Waals surface area contributed by atoms with Crippen LogP contribution in [0.4, 0.5) is 0 Å². The molecular weight excluding hydrogens is 142 g/mol. The van der Waals surface area contributed by atoms with Crippen molar-refractivity contribution < 1.29 is 5.11 Å². The first kappa shape index (κ1) is 10.2. The van der Waals surface area contributed by atoms with Crippen molar-refractivity contribution in [2.24, 2.45) is 10.7 Å². The van der Waals surface area contributed by atoms with Crippen LogP contribution >= 0.6 is 0 Å². The largest absolute Gasteiger partial charge is 0.394 e. The van der Waals surface area contributed by atoms with E-state index in [1.54, 1.807) is 4.90 Å². The molecule has 0 heterocycles. The molecule has 11 heavy (non-hydrogen) atoms. The van der Waals surface area contributed by atoms with Crippen molar-refractivity contribution in [2.75, 3.05) is 20.7 Å². The van der Waals surface area contributed by atoms with Crippen LogP contribution in [0.15, 0.2) is 4.99 Å². The molecule has 4 nitrogen and oxygen atoms in total. The molecule has 0 aromatic carbocycles. The third-order valence-corrected chi connectivity index (χ3v) is 1.46. The molecule has 4 heteroatoms. The topological polar surface area (TPSA) is 61.9 Å². The van der Waals surface area contributed by atoms with Crippen molar-refractivity contribution >= 4 is 5.96 Å². The Labute approximate surface area is 67.7 Å². The van der Waals surface area contributed by atoms with Gasteiger partial charge in [0.1, 0.15) is 0 Å². The second kappa shape index (κ2) is 4.96. The van der Waals surface area contributed by atoms with Crippen LogP contribution in [0.5, 0.6) is 0 Å². The third kappa shape index (κ3) is 3.83. The quantitative estimate of drug-likeness (QED) is 0.436. The minimum atomic E-state index is -0.0580. The minimum absolute atomic E-state index is 0.0580. The number of hydrogen-bond donors (Lipinski definition) is 2. The summed E-state index contributed by atoms with van der Waals surface area (Å²) in [6.07, 6.45) is 0.811. The molecule has 0 radical (unpaired) electrons. The second-order valence-electron chi connectivity index (χ2n) is 2.63. The van der Waals surface area contributed by atoms with E-state index in [1.807, 2.05) is 21.0 Å². The maximum Gasteiger partial charge on any atom is 0.191 e. The third-order valence-electron chi connectivity index (χ3n) is 1.46. The number of rotatable bonds is 3. The van der Waals surface area contributed by atoms with Crippen molar-refractivity contribution in [1.82, 2.24) is 4.90 Å². The SMILES string of the molecule is CC[C@H](CO)N=C(N)N(C)C. The molecule has 0 rings (SSSR count). The van der Waals surface area contributed by atoms with Gasteiger partial charge in [0.05, 0.1) is 12.6 Å². The lowest BCUT2D eigenvalue weighted by molar-refractivity contribution is 0.263. The minimum Gasteiger partial charge on any atom is -0.394 e. The lowest BCUT2D eigenvalue weighted by Crippen LogP contribution is -2.32. The van der Waals surface area contributed by atoms with Gasteiger partial charge in [-0.1, -0.05) is 6.92 Å². The molecule has 0 bridgehead atoms. The first-order valence-electron chi connectivity index (χ1n) is 3.73. The van der Waals surface area contributed by atoms with Crippen LogP contribution in [0, 0.1) is 0 Å². The van der Waals surface area contributed by atoms with E-state index in [9.17, 15) is 0 Å². The van der Waals surface area contributed by atoms with Crippen molar-refractivity contribution in [3.05, 3.63) is 0 Å². The van der Waals surface area contributed by atoms with Crippen LogP contribution < -0.4 is 5.73 Å². The Morgan fingerprint density at radius 3 is 2.45 bits per heavy atom. The summed E-state index contributed by atoms with van der Waals surface area (Å²) in [6.45, 7) is 2.03. The second-order valence-corrected chi connectivity index (χ2v) is 2.63. The molecule has 0 aliphatic rings. The Morgan fingerprint density at radius 1 is 1.64 bits per heavy atom. The summed E-state index contributed by atoms with van der Waals surface area (Å²) in [6, 6.07) is -0.0580. The number of nitrogens with two attached hydrogens (primary N) is 1. The zero-order valence-corrected chi connectivity index (χ0v) is 7.41. The summed E-state index contributed by atoms with van der Waals surface area (Å²) >= 11 is 0. The molecular formula is C7H17N3O. The Balaban J connectivity index is 4.03. The van der Waals surface area contributed by atoms with Crippen molar-refractivity contribution in [1.29, 1.82) is 0 Å². The average molecular weight is 159 g/mol. The van der Waals surface area contributed by atoms with Crippen LogP contribution in [0.25, 0.3) is 0 Å². The molecule has 0 saturated carbocycles. The normalized spacial score (nSPS) is 14.7. The average Bonchev–Trinajstić information content (AvgIpc) is 1.99. The first-order valence-corrected chi connectivity index (χ1v) is 3.73. The highest BCUT2D eigenvalue weighted by atomic mass is 16.3. The fourth-order valence-corrected chi connectivity index (χ4v) is 0.564. The van der Waals surface area contributed by atoms with Crippen LogP contribution in [0.2, 0.25) is 0 Å². The molecule has 1 atom stereocenters. The molecule has 66 valence electrons. The number of aliphatic imine (C=N–C) groups is 1. The molecule has 3 N–H and O–H groups in total. The first-order chi connectivity index (χ1) is 5.11. The van der Waals surface area contributed by atoms with E-state index >= 15 is 0 Å². The van der Waals surface area contributed by atoms with Gasteiger partial charge in [0.25, 0.3) is 0 Å². The van der Waals surface area contributed by atoms with Crippen LogP contribution in [0.1, 0.15) is 13.3 Å². The Hall–Kier alpha value is -0.770. The zero-order chi connectivity index (χ0) is 8.85. The number of nitrogens with zero attached hydrogens (tertiary/aromatic N) is 2. The number of aliphatic hydroxyl groups is 1. The van der Waals surface area contributed by atoms with Gasteiger partial charge in [-0.2, -0.15) is 0 Å². The maximum atomic E-state index is 8.78. The summed E-state index contributed by atoms with van der Waals surface area (Å²) in [5.74, 6) is 0.464. The van der Waals surface area contributed by atoms with Gasteiger partial charge in [0.2, 0.25) is 0 Å². The van der Waals surface area contributed by atoms with E-state index in [4.69, 9.17) is 10.8 Å². The van der Waals surface area contributed by atoms with Gasteiger partial charge in [-0.25, -0.2) is 4.99 Å². The molecule has 0 unspecified atom stereocenters. The lowest BCUT2D eigenvalue weighted by Gasteiger charge is -2.13. The van der Waals surface area contributed by atoms with Crippen LogP contribution in [0.3, 0.4) is 0 Å². The van der Waals surface area contributed by atoms with Crippen molar-refractivity contribution in [3.63, 3.8) is 0 Å². The van der Waals surface area contributed by atoms with Gasteiger partial charge < -0.3 is 15.7 Å². The zero-order valence-electron chi connectivity index (χ0n) is 7.41. The van der Waals surface area contributed by atoms with Gasteiger partial charge in [-0.15, -0.1) is 0 Å². The standard InChI is InChI=1S/C7H17N3O/c1-4-6(5-11)9-7(8)10(2)3/h6,11H,4-5H2,1-3H3,(H2,8,9)/t6-/m1/s1. The van der Waals surface area contributed by atoms with Gasteiger partial charge in [-0.05, 0) is 6.42 Å². The molecule has 0 saturated heterocycles. The Morgan fingerprint density at radius 2 is 2.18 bits per heavy atom. The lowest BCUT2D eigenvalue weighted by atomic mass is 10.2. The van der Waals surface area contributed by atoms with Crippen molar-refractivity contribution in [3.8, 4) is 0 Å². The number of guanidine groups is 1. The molecule has 0 aliphatic carbocycles. The van der Waals surface area contributed by atoms with Gasteiger partial charge in [0, 0.05) is 14.1 Å². The smallest absolute Gasteiger partial charge is 0.191 e. The highest BCUT2D eigenvalue weighted by Gasteiger charge is 2.02. The van der Waals surface area contributed by atoms with Gasteiger partial charge >= 0.3 is 0 Å². The molecule has 0 aliphatic heterocycles. The number of aliphatic hydroxyl groups excluding tert-OH is 1. The van der Waals surface area contributed by atoms with E-state index in [0.717, 1.165) is 6.42 Å². The summed E-state index contributed by atoms with van der Waals surface area (Å²) in [5, 5.41) is 8.78. The van der Waals surface area contributed by atoms with E-state index in [1.165, 1.54) is 0 Å². The summed E-state index contributed by atoms with van der Waals surface area (Å²) < 4.78 is 0. The monoisotopic (exact) mass is 159 g/mol. The fraction of sp³-hybridized carbons (Fsp3) is 0.857. The Kier molecular flexibility index (Phi) is 4.61. The molecule has 0 spiro atoms. The summed E-state index contributed by atoms with van der Waals surface area (Å²) in [5.41, 5.74) is 5.53. The van der Waals surface area contributed by atoms with Crippen LogP contribution in [-0.2, 0) is 0 Å². The number of hydrogen-bond acceptors (Lipinski definition) is 2. The summed E-state index contributed by atoms with van der Waals surface area (Å²) in [4.78, 5) is 5.80. The maximum absolute atomic E-state index is 8.78. The molecule has 0 aromatic rings. The van der Waals surface area contributed by atoms with Gasteiger partial charge in [0.15, 0.2) is 5.96 Å². The highest BCUT2D eigenvalue weighted by Crippen LogP contribution is 1.95. The van der Waals surface area contributed by atoms with E-state index in [-0.39, 0.29) is 12.6 Å².